The van der Waals surface area contributed by atoms with E-state index in [4.69, 9.17) is 5.26 Å². The minimum absolute atomic E-state index is 0.00832. The molecule has 29 heavy (non-hydrogen) atoms. The molecule has 156 valence electrons. The van der Waals surface area contributed by atoms with Crippen LogP contribution in [-0.4, -0.2) is 21.6 Å². The van der Waals surface area contributed by atoms with E-state index in [1.807, 2.05) is 13.0 Å². The van der Waals surface area contributed by atoms with Gasteiger partial charge in [-0.3, -0.25) is 10.1 Å². The van der Waals surface area contributed by atoms with E-state index in [9.17, 15) is 22.4 Å². The Hall–Kier alpha value is -2.63. The lowest BCUT2D eigenvalue weighted by Crippen LogP contribution is -2.44. The minimum atomic E-state index is -4.57. The Morgan fingerprint density at radius 3 is 2.45 bits per heavy atom. The quantitative estimate of drug-likeness (QED) is 0.712. The number of anilines is 1. The Labute approximate surface area is 165 Å². The Morgan fingerprint density at radius 1 is 1.34 bits per heavy atom. The van der Waals surface area contributed by atoms with Crippen molar-refractivity contribution in [3.8, 4) is 6.07 Å². The Bertz CT molecular complexity index is 1010. The fourth-order valence-electron chi connectivity index (χ4n) is 3.53. The van der Waals surface area contributed by atoms with Crippen LogP contribution in [0.4, 0.5) is 23.5 Å². The molecule has 1 aromatic heterocycles. The van der Waals surface area contributed by atoms with Gasteiger partial charge in [0.15, 0.2) is 5.82 Å². The lowest BCUT2D eigenvalue weighted by molar-refractivity contribution is -0.226. The molecule has 9 heteroatoms. The number of carbonyl (C=O) groups is 1. The molecule has 1 unspecified atom stereocenters. The molecule has 1 aliphatic rings. The SMILES string of the molecule is CC(C(=O)Nc1nc2c(F)cc(C#N)cc2n1C1(C)CCC1)C(C)(C)C(F)(F)F. The second kappa shape index (κ2) is 6.71. The van der Waals surface area contributed by atoms with Crippen molar-refractivity contribution < 1.29 is 22.4 Å². The van der Waals surface area contributed by atoms with Gasteiger partial charge in [0, 0.05) is 11.5 Å². The zero-order chi connectivity index (χ0) is 21.8. The summed E-state index contributed by atoms with van der Waals surface area (Å²) in [6.45, 7) is 5.04. The van der Waals surface area contributed by atoms with Gasteiger partial charge >= 0.3 is 6.18 Å². The van der Waals surface area contributed by atoms with Crippen LogP contribution in [0, 0.1) is 28.5 Å². The maximum Gasteiger partial charge on any atom is 0.394 e. The average Bonchev–Trinajstić information content (AvgIpc) is 2.96. The number of fused-ring (bicyclic) bond motifs is 1. The largest absolute Gasteiger partial charge is 0.394 e. The van der Waals surface area contributed by atoms with Gasteiger partial charge in [0.25, 0.3) is 0 Å². The third kappa shape index (κ3) is 3.34. The summed E-state index contributed by atoms with van der Waals surface area (Å²) in [5, 5.41) is 11.6. The molecule has 1 aliphatic carbocycles. The molecule has 0 bridgehead atoms. The number of nitrogens with one attached hydrogen (secondary N) is 1. The second-order valence-electron chi connectivity index (χ2n) is 8.49. The number of aromatic nitrogens is 2. The zero-order valence-corrected chi connectivity index (χ0v) is 16.6. The Balaban J connectivity index is 2.08. The number of benzene rings is 1. The van der Waals surface area contributed by atoms with Gasteiger partial charge in [-0.15, -0.1) is 0 Å². The predicted octanol–water partition coefficient (Wildman–Crippen LogP) is 5.11. The van der Waals surface area contributed by atoms with Crippen LogP contribution in [0.3, 0.4) is 0 Å². The van der Waals surface area contributed by atoms with Crippen LogP contribution in [0.2, 0.25) is 0 Å². The maximum atomic E-state index is 14.5. The van der Waals surface area contributed by atoms with Gasteiger partial charge < -0.3 is 4.57 Å². The van der Waals surface area contributed by atoms with Gasteiger partial charge in [-0.05, 0) is 38.3 Å². The normalized spacial score (nSPS) is 17.5. The van der Waals surface area contributed by atoms with Crippen molar-refractivity contribution in [2.45, 2.75) is 58.7 Å². The molecule has 1 N–H and O–H groups in total. The van der Waals surface area contributed by atoms with E-state index < -0.39 is 34.8 Å². The number of nitrogens with zero attached hydrogens (tertiary/aromatic N) is 3. The first-order valence-corrected chi connectivity index (χ1v) is 9.32. The van der Waals surface area contributed by atoms with Crippen molar-refractivity contribution in [1.82, 2.24) is 9.55 Å². The van der Waals surface area contributed by atoms with Gasteiger partial charge in [-0.25, -0.2) is 9.37 Å². The lowest BCUT2D eigenvalue weighted by Gasteiger charge is -2.41. The first-order chi connectivity index (χ1) is 13.3. The highest BCUT2D eigenvalue weighted by atomic mass is 19.4. The number of halogens is 4. The van der Waals surface area contributed by atoms with E-state index in [2.05, 4.69) is 10.3 Å². The first-order valence-electron chi connectivity index (χ1n) is 9.32. The van der Waals surface area contributed by atoms with E-state index in [-0.39, 0.29) is 17.0 Å². The van der Waals surface area contributed by atoms with E-state index in [1.165, 1.54) is 13.0 Å². The van der Waals surface area contributed by atoms with Gasteiger partial charge in [0.05, 0.1) is 22.6 Å². The monoisotopic (exact) mass is 410 g/mol. The number of nitriles is 1. The molecule has 1 heterocycles. The van der Waals surface area contributed by atoms with Gasteiger partial charge in [0.2, 0.25) is 11.9 Å². The van der Waals surface area contributed by atoms with Crippen LogP contribution in [0.1, 0.15) is 52.5 Å². The topological polar surface area (TPSA) is 70.7 Å². The van der Waals surface area contributed by atoms with Crippen molar-refractivity contribution in [1.29, 1.82) is 5.26 Å². The van der Waals surface area contributed by atoms with Crippen LogP contribution in [0.5, 0.6) is 0 Å². The molecule has 2 aromatic rings. The van der Waals surface area contributed by atoms with Crippen LogP contribution in [0.25, 0.3) is 11.0 Å². The molecule has 5 nitrogen and oxygen atoms in total. The number of hydrogen-bond donors (Lipinski definition) is 1. The summed E-state index contributed by atoms with van der Waals surface area (Å²) >= 11 is 0. The first kappa shape index (κ1) is 21.1. The van der Waals surface area contributed by atoms with E-state index >= 15 is 0 Å². The fraction of sp³-hybridized carbons (Fsp3) is 0.550. The van der Waals surface area contributed by atoms with Gasteiger partial charge in [-0.1, -0.05) is 20.8 Å². The summed E-state index contributed by atoms with van der Waals surface area (Å²) < 4.78 is 56.1. The minimum Gasteiger partial charge on any atom is -0.304 e. The number of rotatable bonds is 4. The molecule has 1 saturated carbocycles. The molecule has 3 rings (SSSR count). The number of alkyl halides is 3. The molecule has 0 radical (unpaired) electrons. The molecule has 1 aromatic carbocycles. The fourth-order valence-corrected chi connectivity index (χ4v) is 3.53. The summed E-state index contributed by atoms with van der Waals surface area (Å²) in [5.74, 6) is -2.98. The highest BCUT2D eigenvalue weighted by molar-refractivity contribution is 5.94. The van der Waals surface area contributed by atoms with Crippen molar-refractivity contribution in [3.05, 3.63) is 23.5 Å². The Kier molecular flexibility index (Phi) is 4.88. The van der Waals surface area contributed by atoms with Crippen LogP contribution in [0.15, 0.2) is 12.1 Å². The third-order valence-corrected chi connectivity index (χ3v) is 6.25. The Morgan fingerprint density at radius 2 is 1.97 bits per heavy atom. The van der Waals surface area contributed by atoms with Gasteiger partial charge in [-0.2, -0.15) is 18.4 Å². The summed E-state index contributed by atoms with van der Waals surface area (Å²) in [6.07, 6.45) is -2.17. The zero-order valence-electron chi connectivity index (χ0n) is 16.6. The van der Waals surface area contributed by atoms with E-state index in [0.717, 1.165) is 39.2 Å². The molecule has 1 atom stereocenters. The number of hydrogen-bond acceptors (Lipinski definition) is 3. The van der Waals surface area contributed by atoms with Crippen molar-refractivity contribution in [2.75, 3.05) is 5.32 Å². The van der Waals surface area contributed by atoms with Crippen LogP contribution >= 0.6 is 0 Å². The number of imidazole rings is 1. The third-order valence-electron chi connectivity index (χ3n) is 6.25. The molecule has 0 saturated heterocycles. The maximum absolute atomic E-state index is 14.5. The van der Waals surface area contributed by atoms with Crippen LogP contribution in [-0.2, 0) is 10.3 Å². The summed E-state index contributed by atoms with van der Waals surface area (Å²) in [4.78, 5) is 16.8. The number of amides is 1. The standard InChI is InChI=1S/C20H22F4N4O/c1-11(18(2,3)20(22,23)24)16(29)27-17-26-15-13(21)8-12(10-25)9-14(15)28(17)19(4)6-5-7-19/h8-9,11H,5-7H2,1-4H3,(H,26,27,29). The lowest BCUT2D eigenvalue weighted by atomic mass is 9.78. The predicted molar refractivity (Wildman–Crippen MR) is 99.5 cm³/mol. The van der Waals surface area contributed by atoms with Crippen molar-refractivity contribution in [2.24, 2.45) is 11.3 Å². The molecular weight excluding hydrogens is 388 g/mol. The van der Waals surface area contributed by atoms with E-state index in [0.29, 0.717) is 5.52 Å². The molecule has 1 amide bonds. The molecule has 1 fully saturated rings. The van der Waals surface area contributed by atoms with Crippen molar-refractivity contribution in [3.63, 3.8) is 0 Å². The smallest absolute Gasteiger partial charge is 0.304 e. The molecule has 0 aliphatic heterocycles. The summed E-state index contributed by atoms with van der Waals surface area (Å²) in [7, 11) is 0. The van der Waals surface area contributed by atoms with Gasteiger partial charge in [0.1, 0.15) is 5.52 Å². The van der Waals surface area contributed by atoms with E-state index in [1.54, 1.807) is 4.57 Å². The summed E-state index contributed by atoms with van der Waals surface area (Å²) in [5.41, 5.74) is -2.32. The molecule has 0 spiro atoms. The average molecular weight is 410 g/mol. The highest BCUT2D eigenvalue weighted by Crippen LogP contribution is 2.45. The summed E-state index contributed by atoms with van der Waals surface area (Å²) in [6, 6.07) is 4.41. The van der Waals surface area contributed by atoms with Crippen molar-refractivity contribution >= 4 is 22.9 Å². The second-order valence-corrected chi connectivity index (χ2v) is 8.49. The number of carbonyl (C=O) groups excluding carboxylic acids is 1. The molecular formula is C20H22F4N4O. The highest BCUT2D eigenvalue weighted by Gasteiger charge is 2.53. The van der Waals surface area contributed by atoms with Crippen LogP contribution < -0.4 is 5.32 Å².